The van der Waals surface area contributed by atoms with Crippen molar-refractivity contribution in [1.82, 2.24) is 14.7 Å². The third kappa shape index (κ3) is 3.08. The fourth-order valence-corrected chi connectivity index (χ4v) is 1.47. The van der Waals surface area contributed by atoms with Gasteiger partial charge in [-0.05, 0) is 13.3 Å². The van der Waals surface area contributed by atoms with Crippen LogP contribution in [0, 0.1) is 0 Å². The molecule has 0 saturated heterocycles. The molecule has 0 spiro atoms. The van der Waals surface area contributed by atoms with Gasteiger partial charge in [-0.15, -0.1) is 0 Å². The Morgan fingerprint density at radius 3 is 2.73 bits per heavy atom. The van der Waals surface area contributed by atoms with Gasteiger partial charge in [-0.2, -0.15) is 5.10 Å². The number of carbonyl (C=O) groups excluding carboxylic acids is 1. The number of aryl methyl sites for hydroxylation is 1. The van der Waals surface area contributed by atoms with Gasteiger partial charge in [-0.25, -0.2) is 0 Å². The van der Waals surface area contributed by atoms with Crippen LogP contribution < -0.4 is 0 Å². The number of aromatic nitrogens is 2. The van der Waals surface area contributed by atoms with Crippen molar-refractivity contribution in [3.63, 3.8) is 0 Å². The van der Waals surface area contributed by atoms with Crippen LogP contribution >= 0.6 is 0 Å². The van der Waals surface area contributed by atoms with Gasteiger partial charge in [0, 0.05) is 26.3 Å². The molecule has 15 heavy (non-hydrogen) atoms. The Morgan fingerprint density at radius 1 is 1.53 bits per heavy atom. The SMILES string of the molecule is CCCCN(CC)C(=O)c1cnn(C)c1. The molecule has 1 aromatic heterocycles. The molecule has 0 fully saturated rings. The van der Waals surface area contributed by atoms with Crippen LogP contribution in [0.1, 0.15) is 37.0 Å². The van der Waals surface area contributed by atoms with E-state index in [-0.39, 0.29) is 5.91 Å². The minimum Gasteiger partial charge on any atom is -0.339 e. The number of hydrogen-bond donors (Lipinski definition) is 0. The van der Waals surface area contributed by atoms with E-state index < -0.39 is 0 Å². The van der Waals surface area contributed by atoms with E-state index in [0.29, 0.717) is 5.56 Å². The van der Waals surface area contributed by atoms with Gasteiger partial charge in [-0.3, -0.25) is 9.48 Å². The Kier molecular flexibility index (Phi) is 4.34. The Bertz CT molecular complexity index is 319. The van der Waals surface area contributed by atoms with E-state index in [2.05, 4.69) is 12.0 Å². The van der Waals surface area contributed by atoms with Crippen molar-refractivity contribution in [3.8, 4) is 0 Å². The molecule has 1 aromatic rings. The number of rotatable bonds is 5. The summed E-state index contributed by atoms with van der Waals surface area (Å²) < 4.78 is 1.65. The molecule has 0 N–H and O–H groups in total. The van der Waals surface area contributed by atoms with Crippen LogP contribution in [-0.2, 0) is 7.05 Å². The van der Waals surface area contributed by atoms with Gasteiger partial charge in [-0.1, -0.05) is 13.3 Å². The summed E-state index contributed by atoms with van der Waals surface area (Å²) in [4.78, 5) is 13.8. The summed E-state index contributed by atoms with van der Waals surface area (Å²) in [7, 11) is 1.82. The van der Waals surface area contributed by atoms with Gasteiger partial charge in [0.25, 0.3) is 5.91 Å². The number of unbranched alkanes of at least 4 members (excludes halogenated alkanes) is 1. The van der Waals surface area contributed by atoms with Gasteiger partial charge >= 0.3 is 0 Å². The first-order valence-corrected chi connectivity index (χ1v) is 5.47. The van der Waals surface area contributed by atoms with E-state index in [1.165, 1.54) is 0 Å². The van der Waals surface area contributed by atoms with Crippen LogP contribution in [0.3, 0.4) is 0 Å². The van der Waals surface area contributed by atoms with Crippen molar-refractivity contribution in [2.24, 2.45) is 7.05 Å². The summed E-state index contributed by atoms with van der Waals surface area (Å²) in [5.74, 6) is 0.0825. The van der Waals surface area contributed by atoms with Crippen molar-refractivity contribution in [2.75, 3.05) is 13.1 Å². The highest BCUT2D eigenvalue weighted by Gasteiger charge is 2.14. The van der Waals surface area contributed by atoms with E-state index in [1.807, 2.05) is 18.9 Å². The normalized spacial score (nSPS) is 10.3. The van der Waals surface area contributed by atoms with Crippen LogP contribution in [-0.4, -0.2) is 33.7 Å². The second kappa shape index (κ2) is 5.53. The molecule has 0 unspecified atom stereocenters. The molecule has 1 heterocycles. The highest BCUT2D eigenvalue weighted by molar-refractivity contribution is 5.93. The van der Waals surface area contributed by atoms with E-state index in [9.17, 15) is 4.79 Å². The van der Waals surface area contributed by atoms with Crippen molar-refractivity contribution < 1.29 is 4.79 Å². The third-order valence-corrected chi connectivity index (χ3v) is 2.40. The van der Waals surface area contributed by atoms with Crippen molar-refractivity contribution in [1.29, 1.82) is 0 Å². The summed E-state index contributed by atoms with van der Waals surface area (Å²) in [5.41, 5.74) is 0.676. The Balaban J connectivity index is 2.64. The average Bonchev–Trinajstić information content (AvgIpc) is 2.65. The third-order valence-electron chi connectivity index (χ3n) is 2.40. The lowest BCUT2D eigenvalue weighted by Crippen LogP contribution is -2.31. The number of carbonyl (C=O) groups is 1. The molecule has 1 rings (SSSR count). The van der Waals surface area contributed by atoms with Crippen molar-refractivity contribution >= 4 is 5.91 Å². The summed E-state index contributed by atoms with van der Waals surface area (Å²) in [5, 5.41) is 4.00. The van der Waals surface area contributed by atoms with E-state index in [0.717, 1.165) is 25.9 Å². The number of hydrogen-bond acceptors (Lipinski definition) is 2. The summed E-state index contributed by atoms with van der Waals surface area (Å²) in [6, 6.07) is 0. The molecular formula is C11H19N3O. The topological polar surface area (TPSA) is 38.1 Å². The smallest absolute Gasteiger partial charge is 0.257 e. The maximum atomic E-state index is 12.0. The molecule has 0 bridgehead atoms. The minimum atomic E-state index is 0.0825. The molecule has 0 aromatic carbocycles. The monoisotopic (exact) mass is 209 g/mol. The zero-order chi connectivity index (χ0) is 11.3. The van der Waals surface area contributed by atoms with Crippen LogP contribution in [0.2, 0.25) is 0 Å². The van der Waals surface area contributed by atoms with Crippen LogP contribution in [0.15, 0.2) is 12.4 Å². The number of amides is 1. The molecule has 4 heteroatoms. The van der Waals surface area contributed by atoms with Crippen LogP contribution in [0.4, 0.5) is 0 Å². The Hall–Kier alpha value is -1.32. The molecule has 0 atom stereocenters. The van der Waals surface area contributed by atoms with Crippen LogP contribution in [0.5, 0.6) is 0 Å². The maximum absolute atomic E-state index is 12.0. The molecule has 0 radical (unpaired) electrons. The van der Waals surface area contributed by atoms with Gasteiger partial charge in [0.05, 0.1) is 11.8 Å². The molecule has 1 amide bonds. The van der Waals surface area contributed by atoms with Gasteiger partial charge < -0.3 is 4.90 Å². The zero-order valence-electron chi connectivity index (χ0n) is 9.73. The second-order valence-corrected chi connectivity index (χ2v) is 3.64. The standard InChI is InChI=1S/C11H19N3O/c1-4-6-7-14(5-2)11(15)10-8-12-13(3)9-10/h8-9H,4-7H2,1-3H3. The first-order chi connectivity index (χ1) is 7.19. The minimum absolute atomic E-state index is 0.0825. The first-order valence-electron chi connectivity index (χ1n) is 5.47. The van der Waals surface area contributed by atoms with E-state index in [1.54, 1.807) is 17.1 Å². The van der Waals surface area contributed by atoms with Crippen molar-refractivity contribution in [2.45, 2.75) is 26.7 Å². The highest BCUT2D eigenvalue weighted by atomic mass is 16.2. The molecule has 0 aliphatic heterocycles. The summed E-state index contributed by atoms with van der Waals surface area (Å²) in [6.45, 7) is 5.72. The van der Waals surface area contributed by atoms with Crippen molar-refractivity contribution in [3.05, 3.63) is 18.0 Å². The molecule has 0 aliphatic carbocycles. The van der Waals surface area contributed by atoms with Gasteiger partial charge in [0.15, 0.2) is 0 Å². The van der Waals surface area contributed by atoms with Gasteiger partial charge in [0.1, 0.15) is 0 Å². The quantitative estimate of drug-likeness (QED) is 0.740. The first kappa shape index (κ1) is 11.8. The molecule has 84 valence electrons. The van der Waals surface area contributed by atoms with Gasteiger partial charge in [0.2, 0.25) is 0 Å². The predicted octanol–water partition coefficient (Wildman–Crippen LogP) is 1.68. The average molecular weight is 209 g/mol. The van der Waals surface area contributed by atoms with Crippen LogP contribution in [0.25, 0.3) is 0 Å². The number of nitrogens with zero attached hydrogens (tertiary/aromatic N) is 3. The fourth-order valence-electron chi connectivity index (χ4n) is 1.47. The predicted molar refractivity (Wildman–Crippen MR) is 59.7 cm³/mol. The molecule has 0 aliphatic rings. The lowest BCUT2D eigenvalue weighted by atomic mass is 10.2. The molecule has 4 nitrogen and oxygen atoms in total. The Morgan fingerprint density at radius 2 is 2.27 bits per heavy atom. The highest BCUT2D eigenvalue weighted by Crippen LogP contribution is 2.04. The second-order valence-electron chi connectivity index (χ2n) is 3.64. The lowest BCUT2D eigenvalue weighted by Gasteiger charge is -2.19. The largest absolute Gasteiger partial charge is 0.339 e. The Labute approximate surface area is 90.9 Å². The lowest BCUT2D eigenvalue weighted by molar-refractivity contribution is 0.0762. The summed E-state index contributed by atoms with van der Waals surface area (Å²) >= 11 is 0. The zero-order valence-corrected chi connectivity index (χ0v) is 9.73. The maximum Gasteiger partial charge on any atom is 0.257 e. The molecule has 0 saturated carbocycles. The van der Waals surface area contributed by atoms with E-state index in [4.69, 9.17) is 0 Å². The fraction of sp³-hybridized carbons (Fsp3) is 0.636. The van der Waals surface area contributed by atoms with E-state index >= 15 is 0 Å². The molecular weight excluding hydrogens is 190 g/mol. The summed E-state index contributed by atoms with van der Waals surface area (Å²) in [6.07, 6.45) is 5.55.